The van der Waals surface area contributed by atoms with Crippen LogP contribution in [0.25, 0.3) is 11.0 Å². The summed E-state index contributed by atoms with van der Waals surface area (Å²) in [7, 11) is 0. The Labute approximate surface area is 369 Å². The van der Waals surface area contributed by atoms with Crippen molar-refractivity contribution in [3.63, 3.8) is 0 Å². The molecule has 0 amide bonds. The second-order valence-electron chi connectivity index (χ2n) is 18.5. The van der Waals surface area contributed by atoms with Crippen molar-refractivity contribution in [3.05, 3.63) is 120 Å². The molecule has 6 heterocycles. The maximum Gasteiger partial charge on any atom is 0.336 e. The highest BCUT2D eigenvalue weighted by Gasteiger charge is 2.57. The van der Waals surface area contributed by atoms with E-state index < -0.39 is 66.4 Å². The molecule has 0 saturated carbocycles. The highest BCUT2D eigenvalue weighted by Crippen LogP contribution is 2.60. The molecule has 14 nitrogen and oxygen atoms in total. The molecular weight excluding hydrogens is 817 g/mol. The number of ether oxygens (including phenoxy) is 2. The van der Waals surface area contributed by atoms with Crippen molar-refractivity contribution in [1.82, 2.24) is 9.97 Å². The molecule has 334 valence electrons. The van der Waals surface area contributed by atoms with Crippen molar-refractivity contribution in [2.75, 3.05) is 24.3 Å². The van der Waals surface area contributed by atoms with Crippen LogP contribution in [0.1, 0.15) is 114 Å². The molecule has 3 aromatic heterocycles. The summed E-state index contributed by atoms with van der Waals surface area (Å²) in [5.74, 6) is -2.40. The highest BCUT2D eigenvalue weighted by atomic mass is 16.6. The van der Waals surface area contributed by atoms with Crippen LogP contribution in [0.4, 0.5) is 11.6 Å². The van der Waals surface area contributed by atoms with E-state index in [1.807, 2.05) is 25.3 Å². The van der Waals surface area contributed by atoms with Gasteiger partial charge in [0.1, 0.15) is 63.9 Å². The van der Waals surface area contributed by atoms with Crippen LogP contribution < -0.4 is 21.2 Å². The van der Waals surface area contributed by atoms with E-state index in [1.165, 1.54) is 17.2 Å². The summed E-state index contributed by atoms with van der Waals surface area (Å²) in [5, 5.41) is 59.4. The average molecular weight is 871 g/mol. The van der Waals surface area contributed by atoms with E-state index in [4.69, 9.17) is 29.6 Å². The number of phenolic OH excluding ortho intramolecular Hbond substituents is 2. The smallest absolute Gasteiger partial charge is 0.336 e. The normalized spacial score (nSPS) is 26.8. The first-order valence-corrected chi connectivity index (χ1v) is 22.4. The molecule has 64 heavy (non-hydrogen) atoms. The molecule has 8 N–H and O–H groups in total. The van der Waals surface area contributed by atoms with Gasteiger partial charge in [-0.3, -0.25) is 4.79 Å². The second-order valence-corrected chi connectivity index (χ2v) is 18.5. The van der Waals surface area contributed by atoms with E-state index in [-0.39, 0.29) is 63.7 Å². The number of aromatic hydroxyl groups is 2. The maximum atomic E-state index is 14.2. The number of aryl methyl sites for hydroxylation is 1. The zero-order chi connectivity index (χ0) is 44.8. The minimum atomic E-state index is -1.36. The average Bonchev–Trinajstić information content (AvgIpc) is 3.45. The minimum Gasteiger partial charge on any atom is -0.508 e. The maximum absolute atomic E-state index is 14.2. The van der Waals surface area contributed by atoms with Gasteiger partial charge in [-0.05, 0) is 129 Å². The van der Waals surface area contributed by atoms with E-state index in [0.717, 1.165) is 53.4 Å². The zero-order valence-electron chi connectivity index (χ0n) is 36.2. The second kappa shape index (κ2) is 15.9. The number of nitrogens with two attached hydrogens (primary N) is 1. The fraction of sp³-hybridized carbons (Fsp3) is 0.440. The Hall–Kier alpha value is -5.96. The fourth-order valence-corrected chi connectivity index (χ4v) is 12.1. The Balaban J connectivity index is 1.35. The van der Waals surface area contributed by atoms with Gasteiger partial charge in [0.25, 0.3) is 0 Å². The molecule has 3 aliphatic heterocycles. The number of nitrogens with zero attached hydrogens (tertiary/aromatic N) is 2. The van der Waals surface area contributed by atoms with Crippen molar-refractivity contribution in [2.24, 2.45) is 11.8 Å². The summed E-state index contributed by atoms with van der Waals surface area (Å²) in [6, 6.07) is 8.53. The quantitative estimate of drug-likeness (QED) is 0.0827. The van der Waals surface area contributed by atoms with Crippen molar-refractivity contribution in [3.8, 4) is 17.2 Å². The molecule has 5 aliphatic rings. The molecule has 0 fully saturated rings. The lowest BCUT2D eigenvalue weighted by Crippen LogP contribution is -2.59. The van der Waals surface area contributed by atoms with Crippen molar-refractivity contribution < 1.29 is 44.2 Å². The number of aromatic nitrogens is 2. The third-order valence-electron chi connectivity index (χ3n) is 15.3. The zero-order valence-corrected chi connectivity index (χ0v) is 36.2. The molecule has 8 unspecified atom stereocenters. The van der Waals surface area contributed by atoms with Crippen LogP contribution in [0.2, 0.25) is 0 Å². The molecule has 5 aromatic rings. The van der Waals surface area contributed by atoms with Crippen LogP contribution in [-0.2, 0) is 48.2 Å². The third kappa shape index (κ3) is 6.47. The van der Waals surface area contributed by atoms with Gasteiger partial charge >= 0.3 is 5.97 Å². The number of carbonyl (C=O) groups is 1. The predicted molar refractivity (Wildman–Crippen MR) is 238 cm³/mol. The number of hydrogen-bond acceptors (Lipinski definition) is 14. The molecule has 2 aliphatic carbocycles. The van der Waals surface area contributed by atoms with Gasteiger partial charge in [-0.2, -0.15) is 0 Å². The number of anilines is 2. The van der Waals surface area contributed by atoms with Gasteiger partial charge in [-0.1, -0.05) is 12.1 Å². The van der Waals surface area contributed by atoms with Crippen LogP contribution >= 0.6 is 0 Å². The minimum absolute atomic E-state index is 0.0107. The number of esters is 1. The number of nitrogens with one attached hydrogen (secondary N) is 1. The van der Waals surface area contributed by atoms with E-state index in [1.54, 1.807) is 25.3 Å². The van der Waals surface area contributed by atoms with Gasteiger partial charge in [0.05, 0.1) is 18.8 Å². The molecule has 10 rings (SSSR count). The molecule has 14 heteroatoms. The summed E-state index contributed by atoms with van der Waals surface area (Å²) in [6.07, 6.45) is 8.81. The summed E-state index contributed by atoms with van der Waals surface area (Å²) >= 11 is 0. The first-order valence-electron chi connectivity index (χ1n) is 22.4. The number of hydrogen-bond donors (Lipinski definition) is 7. The number of nitrogen functional groups attached to an aromatic ring is 1. The van der Waals surface area contributed by atoms with Gasteiger partial charge in [-0.15, -0.1) is 0 Å². The van der Waals surface area contributed by atoms with Crippen LogP contribution in [0.15, 0.2) is 63.6 Å². The predicted octanol–water partition coefficient (Wildman–Crippen LogP) is 5.73. The van der Waals surface area contributed by atoms with Gasteiger partial charge in [0.2, 0.25) is 0 Å². The van der Waals surface area contributed by atoms with E-state index in [2.05, 4.69) is 12.2 Å². The number of allylic oxidation sites excluding steroid dienone is 1. The van der Waals surface area contributed by atoms with E-state index in [0.29, 0.717) is 42.6 Å². The molecular formula is C50H54N4O10. The monoisotopic (exact) mass is 870 g/mol. The number of aliphatic hydroxyl groups is 3. The third-order valence-corrected chi connectivity index (χ3v) is 15.3. The van der Waals surface area contributed by atoms with E-state index in [9.17, 15) is 35.1 Å². The first-order chi connectivity index (χ1) is 30.9. The summed E-state index contributed by atoms with van der Waals surface area (Å²) in [6.45, 7) is 4.15. The summed E-state index contributed by atoms with van der Waals surface area (Å²) in [5.41, 5.74) is 12.3. The first kappa shape index (κ1) is 42.0. The highest BCUT2D eigenvalue weighted by molar-refractivity contribution is 5.92. The van der Waals surface area contributed by atoms with Crippen molar-refractivity contribution in [2.45, 2.75) is 114 Å². The number of fused-ring (bicyclic) bond motifs is 11. The van der Waals surface area contributed by atoms with Gasteiger partial charge in [0, 0.05) is 65.4 Å². The van der Waals surface area contributed by atoms with Gasteiger partial charge in [-0.25, -0.2) is 14.8 Å². The lowest BCUT2D eigenvalue weighted by Gasteiger charge is -2.51. The van der Waals surface area contributed by atoms with Crippen LogP contribution in [0.5, 0.6) is 17.2 Å². The SMILES string of the molecule is CC=C(CO)C(=O)OC1Cc2c3c(c4oc(CO)cc(=O)c4c2O)C2c4ccnc(N)c4C(CCc4ccc(O)cc4C2CO)C2CCc4c(cnc5c4CCC(C)N5)CC2C1(C)O3. The standard InChI is InChI=1S/C50H54N4O10/c1-4-24(20-55)49(61)63-39-18-35-44(60)42-38(59)17-28(21-56)62-46(42)43-40-33-13-14-52-47(51)41(33)31(10-7-25-6-8-27(58)16-34(25)36(40)22-57)30-12-11-29-26(15-37(30)50(39,3)64-45(35)43)19-53-48-32(29)9-5-23(2)54-48/h4,6,8,13-14,16-17,19,23,30-31,36-37,39-40,55-58,60H,5,7,9-12,15,18,20-22H2,1-3H3,(H2,51,52)(H,53,54). The summed E-state index contributed by atoms with van der Waals surface area (Å²) < 4.78 is 20.6. The Morgan fingerprint density at radius 3 is 2.56 bits per heavy atom. The fourth-order valence-electron chi connectivity index (χ4n) is 12.1. The van der Waals surface area contributed by atoms with Crippen LogP contribution in [0.3, 0.4) is 0 Å². The number of rotatable bonds is 5. The summed E-state index contributed by atoms with van der Waals surface area (Å²) in [4.78, 5) is 38.0. The lowest BCUT2D eigenvalue weighted by atomic mass is 9.62. The number of pyridine rings is 2. The van der Waals surface area contributed by atoms with Gasteiger partial charge in [0.15, 0.2) is 5.43 Å². The number of benzene rings is 2. The Morgan fingerprint density at radius 2 is 1.80 bits per heavy atom. The van der Waals surface area contributed by atoms with Crippen molar-refractivity contribution >= 4 is 28.6 Å². The molecule has 2 aromatic carbocycles. The largest absolute Gasteiger partial charge is 0.508 e. The molecule has 4 bridgehead atoms. The molecule has 8 atom stereocenters. The Kier molecular flexibility index (Phi) is 10.5. The topological polar surface area (TPSA) is 231 Å². The van der Waals surface area contributed by atoms with Crippen LogP contribution in [-0.4, -0.2) is 72.4 Å². The molecule has 0 radical (unpaired) electrons. The molecule has 0 spiro atoms. The Morgan fingerprint density at radius 1 is 0.984 bits per heavy atom. The van der Waals surface area contributed by atoms with Crippen molar-refractivity contribution in [1.29, 1.82) is 0 Å². The Bertz CT molecular complexity index is 2820. The van der Waals surface area contributed by atoms with Crippen LogP contribution in [0, 0.1) is 11.8 Å². The molecule has 0 saturated heterocycles. The lowest BCUT2D eigenvalue weighted by molar-refractivity contribution is -0.169. The number of carbonyl (C=O) groups excluding carboxylic acids is 1. The number of aliphatic hydroxyl groups excluding tert-OH is 3. The number of phenols is 2. The van der Waals surface area contributed by atoms with Gasteiger partial charge < -0.3 is 50.5 Å². The van der Waals surface area contributed by atoms with E-state index >= 15 is 0 Å².